The fraction of sp³-hybridized carbons (Fsp3) is 0.368. The maximum atomic E-state index is 12.3. The zero-order valence-corrected chi connectivity index (χ0v) is 15.8. The second kappa shape index (κ2) is 8.33. The predicted molar refractivity (Wildman–Crippen MR) is 104 cm³/mol. The number of para-hydroxylation sites is 1. The molecule has 0 spiro atoms. The van der Waals surface area contributed by atoms with Gasteiger partial charge in [-0.15, -0.1) is 11.3 Å². The first-order valence-corrected chi connectivity index (χ1v) is 9.45. The first-order chi connectivity index (χ1) is 12.6. The van der Waals surface area contributed by atoms with Crippen molar-refractivity contribution in [1.82, 2.24) is 4.90 Å². The fourth-order valence-electron chi connectivity index (χ4n) is 3.12. The average molecular weight is 373 g/mol. The lowest BCUT2D eigenvalue weighted by Gasteiger charge is -2.36. The maximum Gasteiger partial charge on any atom is 0.350 e. The van der Waals surface area contributed by atoms with Crippen LogP contribution in [0.3, 0.4) is 0 Å². The van der Waals surface area contributed by atoms with Gasteiger partial charge in [0.1, 0.15) is 4.88 Å². The zero-order valence-electron chi connectivity index (χ0n) is 15.0. The lowest BCUT2D eigenvalue weighted by atomic mass is 10.1. The van der Waals surface area contributed by atoms with Crippen LogP contribution in [-0.4, -0.2) is 56.6 Å². The van der Waals surface area contributed by atoms with Gasteiger partial charge in [0, 0.05) is 31.9 Å². The Balaban J connectivity index is 1.52. The van der Waals surface area contributed by atoms with Gasteiger partial charge in [-0.05, 0) is 30.0 Å². The Labute approximate surface area is 157 Å². The van der Waals surface area contributed by atoms with Gasteiger partial charge < -0.3 is 15.0 Å². The molecule has 6 nitrogen and oxygen atoms in total. The van der Waals surface area contributed by atoms with Gasteiger partial charge in [0.15, 0.2) is 0 Å². The molecule has 1 saturated heterocycles. The third-order valence-electron chi connectivity index (χ3n) is 4.51. The molecule has 138 valence electrons. The second-order valence-corrected chi connectivity index (χ2v) is 7.17. The quantitative estimate of drug-likeness (QED) is 0.817. The molecule has 1 aliphatic rings. The van der Waals surface area contributed by atoms with E-state index < -0.39 is 5.97 Å². The summed E-state index contributed by atoms with van der Waals surface area (Å²) in [7, 11) is 1.33. The standard InChI is InChI=1S/C19H23N3O3S/c1-14-5-3-4-6-16(14)22-10-8-21(9-11-22)13-17(23)20-15-7-12-26-18(15)19(24)25-2/h3-7,12H,8-11,13H2,1-2H3,(H,20,23). The predicted octanol–water partition coefficient (Wildman–Crippen LogP) is 2.60. The number of aryl methyl sites for hydroxylation is 1. The Morgan fingerprint density at radius 2 is 1.88 bits per heavy atom. The molecule has 1 fully saturated rings. The van der Waals surface area contributed by atoms with Gasteiger partial charge in [0.2, 0.25) is 5.91 Å². The van der Waals surface area contributed by atoms with E-state index in [1.165, 1.54) is 29.7 Å². The van der Waals surface area contributed by atoms with Gasteiger partial charge in [0.25, 0.3) is 0 Å². The number of carbonyl (C=O) groups is 2. The molecule has 1 aromatic heterocycles. The molecule has 0 unspecified atom stereocenters. The largest absolute Gasteiger partial charge is 0.465 e. The highest BCUT2D eigenvalue weighted by Gasteiger charge is 2.21. The number of carbonyl (C=O) groups excluding carboxylic acids is 2. The van der Waals surface area contributed by atoms with Gasteiger partial charge in [-0.1, -0.05) is 18.2 Å². The first kappa shape index (κ1) is 18.4. The van der Waals surface area contributed by atoms with E-state index in [2.05, 4.69) is 40.2 Å². The van der Waals surface area contributed by atoms with Crippen LogP contribution in [0.2, 0.25) is 0 Å². The molecule has 2 aromatic rings. The molecule has 1 aliphatic heterocycles. The number of anilines is 2. The minimum Gasteiger partial charge on any atom is -0.465 e. The average Bonchev–Trinajstić information content (AvgIpc) is 3.10. The summed E-state index contributed by atoms with van der Waals surface area (Å²) in [6.45, 7) is 5.88. The summed E-state index contributed by atoms with van der Waals surface area (Å²) in [5.41, 5.74) is 3.05. The summed E-state index contributed by atoms with van der Waals surface area (Å²) in [5, 5.41) is 4.59. The number of methoxy groups -OCH3 is 1. The number of nitrogens with zero attached hydrogens (tertiary/aromatic N) is 2. The smallest absolute Gasteiger partial charge is 0.350 e. The second-order valence-electron chi connectivity index (χ2n) is 6.25. The molecule has 0 atom stereocenters. The van der Waals surface area contributed by atoms with Crippen molar-refractivity contribution < 1.29 is 14.3 Å². The van der Waals surface area contributed by atoms with Crippen molar-refractivity contribution in [2.45, 2.75) is 6.92 Å². The van der Waals surface area contributed by atoms with Gasteiger partial charge in [-0.3, -0.25) is 9.69 Å². The van der Waals surface area contributed by atoms with Crippen molar-refractivity contribution in [2.24, 2.45) is 0 Å². The van der Waals surface area contributed by atoms with Crippen LogP contribution in [0.15, 0.2) is 35.7 Å². The normalized spacial score (nSPS) is 14.9. The van der Waals surface area contributed by atoms with Crippen molar-refractivity contribution in [3.05, 3.63) is 46.2 Å². The van der Waals surface area contributed by atoms with Gasteiger partial charge in [-0.2, -0.15) is 0 Å². The van der Waals surface area contributed by atoms with E-state index in [9.17, 15) is 9.59 Å². The Hall–Kier alpha value is -2.38. The van der Waals surface area contributed by atoms with Crippen molar-refractivity contribution in [2.75, 3.05) is 50.1 Å². The highest BCUT2D eigenvalue weighted by molar-refractivity contribution is 7.12. The Bertz CT molecular complexity index is 782. The summed E-state index contributed by atoms with van der Waals surface area (Å²) in [5.74, 6) is -0.542. The lowest BCUT2D eigenvalue weighted by molar-refractivity contribution is -0.117. The number of hydrogen-bond acceptors (Lipinski definition) is 6. The minimum atomic E-state index is -0.429. The molecule has 0 bridgehead atoms. The minimum absolute atomic E-state index is 0.113. The van der Waals surface area contributed by atoms with Crippen molar-refractivity contribution in [3.63, 3.8) is 0 Å². The number of thiophene rings is 1. The first-order valence-electron chi connectivity index (χ1n) is 8.57. The molecule has 26 heavy (non-hydrogen) atoms. The van der Waals surface area contributed by atoms with Crippen molar-refractivity contribution in [1.29, 1.82) is 0 Å². The van der Waals surface area contributed by atoms with E-state index in [-0.39, 0.29) is 5.91 Å². The number of hydrogen-bond donors (Lipinski definition) is 1. The van der Waals surface area contributed by atoms with E-state index in [0.29, 0.717) is 17.1 Å². The summed E-state index contributed by atoms with van der Waals surface area (Å²) in [4.78, 5) is 28.9. The summed E-state index contributed by atoms with van der Waals surface area (Å²) in [6, 6.07) is 10.1. The van der Waals surface area contributed by atoms with Crippen LogP contribution in [0.25, 0.3) is 0 Å². The van der Waals surface area contributed by atoms with Crippen LogP contribution >= 0.6 is 11.3 Å². The summed E-state index contributed by atoms with van der Waals surface area (Å²) in [6.07, 6.45) is 0. The highest BCUT2D eigenvalue weighted by atomic mass is 32.1. The van der Waals surface area contributed by atoms with Crippen LogP contribution in [0.4, 0.5) is 11.4 Å². The number of nitrogens with one attached hydrogen (secondary N) is 1. The third-order valence-corrected chi connectivity index (χ3v) is 5.40. The van der Waals surface area contributed by atoms with E-state index in [1.54, 1.807) is 11.4 Å². The van der Waals surface area contributed by atoms with E-state index in [1.807, 2.05) is 6.07 Å². The van der Waals surface area contributed by atoms with Crippen LogP contribution in [0, 0.1) is 6.92 Å². The van der Waals surface area contributed by atoms with Gasteiger partial charge >= 0.3 is 5.97 Å². The molecular weight excluding hydrogens is 350 g/mol. The molecule has 0 radical (unpaired) electrons. The van der Waals surface area contributed by atoms with Gasteiger partial charge in [-0.25, -0.2) is 4.79 Å². The molecule has 1 aromatic carbocycles. The number of piperazine rings is 1. The van der Waals surface area contributed by atoms with Crippen molar-refractivity contribution >= 4 is 34.6 Å². The molecule has 3 rings (SSSR count). The molecule has 1 N–H and O–H groups in total. The SMILES string of the molecule is COC(=O)c1sccc1NC(=O)CN1CCN(c2ccccc2C)CC1. The Morgan fingerprint density at radius 1 is 1.15 bits per heavy atom. The topological polar surface area (TPSA) is 61.9 Å². The Morgan fingerprint density at radius 3 is 2.58 bits per heavy atom. The number of benzene rings is 1. The van der Waals surface area contributed by atoms with E-state index in [0.717, 1.165) is 26.2 Å². The van der Waals surface area contributed by atoms with Gasteiger partial charge in [0.05, 0.1) is 19.3 Å². The number of esters is 1. The number of rotatable bonds is 5. The molecule has 7 heteroatoms. The molecule has 0 saturated carbocycles. The van der Waals surface area contributed by atoms with E-state index in [4.69, 9.17) is 4.74 Å². The van der Waals surface area contributed by atoms with Crippen LogP contribution in [-0.2, 0) is 9.53 Å². The third kappa shape index (κ3) is 4.23. The summed E-state index contributed by atoms with van der Waals surface area (Å²) < 4.78 is 4.73. The number of amides is 1. The molecule has 0 aliphatic carbocycles. The lowest BCUT2D eigenvalue weighted by Crippen LogP contribution is -2.48. The maximum absolute atomic E-state index is 12.3. The van der Waals surface area contributed by atoms with E-state index >= 15 is 0 Å². The molecular formula is C19H23N3O3S. The van der Waals surface area contributed by atoms with Crippen molar-refractivity contribution in [3.8, 4) is 0 Å². The molecule has 2 heterocycles. The number of ether oxygens (including phenoxy) is 1. The van der Waals surface area contributed by atoms with Crippen LogP contribution < -0.4 is 10.2 Å². The highest BCUT2D eigenvalue weighted by Crippen LogP contribution is 2.23. The summed E-state index contributed by atoms with van der Waals surface area (Å²) >= 11 is 1.26. The van der Waals surface area contributed by atoms with Crippen LogP contribution in [0.1, 0.15) is 15.2 Å². The van der Waals surface area contributed by atoms with Crippen LogP contribution in [0.5, 0.6) is 0 Å². The fourth-order valence-corrected chi connectivity index (χ4v) is 3.88. The Kier molecular flexibility index (Phi) is 5.90. The molecule has 1 amide bonds. The monoisotopic (exact) mass is 373 g/mol. The zero-order chi connectivity index (χ0) is 18.5.